The minimum absolute atomic E-state index is 0.359. The molecule has 7 heteroatoms. The monoisotopic (exact) mass is 436 g/mol. The van der Waals surface area contributed by atoms with Crippen molar-refractivity contribution < 1.29 is 14.3 Å². The fourth-order valence-corrected chi connectivity index (χ4v) is 2.30. The zero-order chi connectivity index (χ0) is 19.3. The van der Waals surface area contributed by atoms with Crippen molar-refractivity contribution in [2.45, 2.75) is 20.8 Å². The summed E-state index contributed by atoms with van der Waals surface area (Å²) in [5, 5.41) is 4.49. The highest BCUT2D eigenvalue weighted by Gasteiger charge is 2.24. The molecule has 5 nitrogen and oxygen atoms in total. The molecule has 1 N–H and O–H groups in total. The Morgan fingerprint density at radius 1 is 1.15 bits per heavy atom. The first kappa shape index (κ1) is 20.1. The van der Waals surface area contributed by atoms with Crippen molar-refractivity contribution in [3.05, 3.63) is 63.1 Å². The van der Waals surface area contributed by atoms with Gasteiger partial charge in [-0.05, 0) is 63.2 Å². The van der Waals surface area contributed by atoms with Crippen LogP contribution in [-0.2, 0) is 4.79 Å². The molecule has 0 spiro atoms. The van der Waals surface area contributed by atoms with Crippen molar-refractivity contribution >= 4 is 45.6 Å². The van der Waals surface area contributed by atoms with Crippen LogP contribution in [0.3, 0.4) is 0 Å². The minimum atomic E-state index is -0.635. The zero-order valence-electron chi connectivity index (χ0n) is 14.5. The molecule has 2 aromatic carbocycles. The first-order valence-electron chi connectivity index (χ1n) is 7.77. The van der Waals surface area contributed by atoms with E-state index in [1.807, 2.05) is 0 Å². The van der Waals surface area contributed by atoms with E-state index in [2.05, 4.69) is 26.5 Å². The minimum Gasteiger partial charge on any atom is -0.425 e. The molecule has 0 aliphatic rings. The van der Waals surface area contributed by atoms with Gasteiger partial charge in [0.25, 0.3) is 5.91 Å². The number of nitrogens with zero attached hydrogens (tertiary/aromatic N) is 1. The number of benzene rings is 2. The van der Waals surface area contributed by atoms with Crippen molar-refractivity contribution in [2.24, 2.45) is 10.5 Å². The predicted octanol–water partition coefficient (Wildman–Crippen LogP) is 4.82. The van der Waals surface area contributed by atoms with Gasteiger partial charge in [0.15, 0.2) is 0 Å². The molecule has 2 rings (SSSR count). The number of amides is 1. The van der Waals surface area contributed by atoms with Gasteiger partial charge < -0.3 is 4.74 Å². The summed E-state index contributed by atoms with van der Waals surface area (Å²) in [5.41, 5.74) is 2.77. The van der Waals surface area contributed by atoms with Gasteiger partial charge in [0, 0.05) is 20.6 Å². The highest BCUT2D eigenvalue weighted by molar-refractivity contribution is 9.10. The van der Waals surface area contributed by atoms with Gasteiger partial charge in [-0.3, -0.25) is 9.59 Å². The van der Waals surface area contributed by atoms with Crippen molar-refractivity contribution in [2.75, 3.05) is 0 Å². The number of rotatable bonds is 4. The third-order valence-electron chi connectivity index (χ3n) is 3.26. The molecule has 1 amide bonds. The molecule has 0 aromatic heterocycles. The van der Waals surface area contributed by atoms with Crippen LogP contribution < -0.4 is 10.2 Å². The number of hydrogen-bond acceptors (Lipinski definition) is 4. The van der Waals surface area contributed by atoms with Crippen LogP contribution in [-0.4, -0.2) is 18.1 Å². The average Bonchev–Trinajstić information content (AvgIpc) is 2.56. The first-order chi connectivity index (χ1) is 12.2. The van der Waals surface area contributed by atoms with Crippen LogP contribution >= 0.6 is 27.5 Å². The van der Waals surface area contributed by atoms with Crippen LogP contribution in [0.5, 0.6) is 5.75 Å². The van der Waals surface area contributed by atoms with E-state index < -0.39 is 5.41 Å². The van der Waals surface area contributed by atoms with Crippen LogP contribution in [0.2, 0.25) is 5.02 Å². The highest BCUT2D eigenvalue weighted by atomic mass is 79.9. The molecule has 0 aliphatic carbocycles. The van der Waals surface area contributed by atoms with E-state index in [4.69, 9.17) is 16.3 Å². The average molecular weight is 438 g/mol. The number of nitrogens with one attached hydrogen (secondary N) is 1. The summed E-state index contributed by atoms with van der Waals surface area (Å²) in [6.45, 7) is 5.32. The molecule has 136 valence electrons. The lowest BCUT2D eigenvalue weighted by Gasteiger charge is -2.17. The van der Waals surface area contributed by atoms with Crippen LogP contribution in [0.4, 0.5) is 0 Å². The molecular weight excluding hydrogens is 420 g/mol. The largest absolute Gasteiger partial charge is 0.425 e. The van der Waals surface area contributed by atoms with Crippen molar-refractivity contribution in [1.29, 1.82) is 0 Å². The Bertz CT molecular complexity index is 843. The second-order valence-electron chi connectivity index (χ2n) is 6.53. The van der Waals surface area contributed by atoms with E-state index in [0.717, 1.165) is 4.47 Å². The lowest BCUT2D eigenvalue weighted by Crippen LogP contribution is -2.26. The second-order valence-corrected chi connectivity index (χ2v) is 7.88. The summed E-state index contributed by atoms with van der Waals surface area (Å²) in [6, 6.07) is 11.6. The number of hydrogen-bond donors (Lipinski definition) is 1. The van der Waals surface area contributed by atoms with Gasteiger partial charge in [0.1, 0.15) is 5.75 Å². The molecule has 0 fully saturated rings. The molecule has 0 saturated carbocycles. The number of esters is 1. The van der Waals surface area contributed by atoms with E-state index in [9.17, 15) is 9.59 Å². The molecular formula is C19H18BrClN2O3. The Morgan fingerprint density at radius 3 is 2.42 bits per heavy atom. The summed E-state index contributed by atoms with van der Waals surface area (Å²) in [5.74, 6) is -0.376. The normalized spacial score (nSPS) is 11.4. The van der Waals surface area contributed by atoms with Gasteiger partial charge in [-0.15, -0.1) is 0 Å². The van der Waals surface area contributed by atoms with E-state index in [-0.39, 0.29) is 11.9 Å². The number of hydrazone groups is 1. The van der Waals surface area contributed by atoms with E-state index in [1.54, 1.807) is 63.2 Å². The molecule has 0 atom stereocenters. The summed E-state index contributed by atoms with van der Waals surface area (Å²) in [4.78, 5) is 24.2. The lowest BCUT2D eigenvalue weighted by atomic mass is 9.97. The third-order valence-corrected chi connectivity index (χ3v) is 4.01. The fraction of sp³-hybridized carbons (Fsp3) is 0.211. The molecule has 0 bridgehead atoms. The van der Waals surface area contributed by atoms with Crippen LogP contribution in [0.1, 0.15) is 36.7 Å². The summed E-state index contributed by atoms with van der Waals surface area (Å²) < 4.78 is 6.23. The Balaban J connectivity index is 2.13. The van der Waals surface area contributed by atoms with Gasteiger partial charge in [-0.25, -0.2) is 5.43 Å². The molecule has 26 heavy (non-hydrogen) atoms. The van der Waals surface area contributed by atoms with Gasteiger partial charge in [-0.2, -0.15) is 5.10 Å². The van der Waals surface area contributed by atoms with Crippen molar-refractivity contribution in [1.82, 2.24) is 5.43 Å². The van der Waals surface area contributed by atoms with Gasteiger partial charge in [0.05, 0.1) is 11.6 Å². The lowest BCUT2D eigenvalue weighted by molar-refractivity contribution is -0.143. The second kappa shape index (κ2) is 8.47. The van der Waals surface area contributed by atoms with Gasteiger partial charge in [-0.1, -0.05) is 27.5 Å². The smallest absolute Gasteiger partial charge is 0.316 e. The van der Waals surface area contributed by atoms with Crippen molar-refractivity contribution in [3.63, 3.8) is 0 Å². The Kier molecular flexibility index (Phi) is 6.56. The topological polar surface area (TPSA) is 67.8 Å². The molecule has 2 aromatic rings. The fourth-order valence-electron chi connectivity index (χ4n) is 1.79. The maximum atomic E-state index is 12.1. The Labute approximate surface area is 165 Å². The number of carbonyl (C=O) groups excluding carboxylic acids is 2. The predicted molar refractivity (Wildman–Crippen MR) is 106 cm³/mol. The number of carbonyl (C=O) groups is 2. The molecule has 0 aliphatic heterocycles. The van der Waals surface area contributed by atoms with Crippen molar-refractivity contribution in [3.8, 4) is 5.75 Å². The Hall–Kier alpha value is -2.18. The number of ether oxygens (including phenoxy) is 1. The SMILES string of the molecule is CC(C)(C)C(=O)Oc1ccc(Br)cc1/C=N\NC(=O)c1ccc(Cl)cc1. The molecule has 0 unspecified atom stereocenters. The highest BCUT2D eigenvalue weighted by Crippen LogP contribution is 2.25. The molecule has 0 heterocycles. The molecule has 0 saturated heterocycles. The third kappa shape index (κ3) is 5.68. The maximum Gasteiger partial charge on any atom is 0.316 e. The molecule has 0 radical (unpaired) electrons. The van der Waals surface area contributed by atoms with Gasteiger partial charge >= 0.3 is 5.97 Å². The first-order valence-corrected chi connectivity index (χ1v) is 8.95. The van der Waals surface area contributed by atoms with Crippen LogP contribution in [0, 0.1) is 5.41 Å². The van der Waals surface area contributed by atoms with Crippen LogP contribution in [0.15, 0.2) is 52.0 Å². The number of halogens is 2. The van der Waals surface area contributed by atoms with Gasteiger partial charge in [0.2, 0.25) is 0 Å². The Morgan fingerprint density at radius 2 is 1.81 bits per heavy atom. The van der Waals surface area contributed by atoms with E-state index in [0.29, 0.717) is 21.9 Å². The van der Waals surface area contributed by atoms with E-state index in [1.165, 1.54) is 6.21 Å². The summed E-state index contributed by atoms with van der Waals surface area (Å²) >= 11 is 9.16. The maximum absolute atomic E-state index is 12.1. The standard InChI is InChI=1S/C19H18BrClN2O3/c1-19(2,3)18(25)26-16-9-6-14(20)10-13(16)11-22-23-17(24)12-4-7-15(21)8-5-12/h4-11H,1-3H3,(H,23,24)/b22-11-. The van der Waals surface area contributed by atoms with E-state index >= 15 is 0 Å². The summed E-state index contributed by atoms with van der Waals surface area (Å²) in [7, 11) is 0. The summed E-state index contributed by atoms with van der Waals surface area (Å²) in [6.07, 6.45) is 1.42. The zero-order valence-corrected chi connectivity index (χ0v) is 16.9. The quantitative estimate of drug-likeness (QED) is 0.323. The van der Waals surface area contributed by atoms with Crippen LogP contribution in [0.25, 0.3) is 0 Å².